The van der Waals surface area contributed by atoms with E-state index in [2.05, 4.69) is 45.0 Å². The van der Waals surface area contributed by atoms with Crippen molar-refractivity contribution in [1.82, 2.24) is 10.4 Å². The summed E-state index contributed by atoms with van der Waals surface area (Å²) in [5, 5.41) is 4.03. The minimum Gasteiger partial charge on any atom is -0.494 e. The van der Waals surface area contributed by atoms with Gasteiger partial charge in [-0.3, -0.25) is 9.78 Å². The minimum atomic E-state index is -0.315. The molecule has 0 aliphatic heterocycles. The molecule has 0 spiro atoms. The van der Waals surface area contributed by atoms with E-state index < -0.39 is 0 Å². The normalized spacial score (nSPS) is 10.8. The third-order valence-electron chi connectivity index (χ3n) is 5.26. The van der Waals surface area contributed by atoms with Gasteiger partial charge in [0.15, 0.2) is 11.5 Å². The number of benzene rings is 2. The molecule has 196 valence electrons. The number of hydrogen-bond acceptors (Lipinski definition) is 7. The van der Waals surface area contributed by atoms with E-state index in [0.717, 1.165) is 33.7 Å². The van der Waals surface area contributed by atoms with Gasteiger partial charge in [-0.25, -0.2) is 5.43 Å². The van der Waals surface area contributed by atoms with E-state index in [9.17, 15) is 4.79 Å². The van der Waals surface area contributed by atoms with E-state index in [0.29, 0.717) is 30.3 Å². The molecule has 1 N–H and O–H groups in total. The molecule has 0 bridgehead atoms. The highest BCUT2D eigenvalue weighted by Gasteiger charge is 2.12. The maximum Gasteiger partial charge on any atom is 0.271 e. The maximum absolute atomic E-state index is 12.1. The Morgan fingerprint density at radius 2 is 1.62 bits per heavy atom. The number of methoxy groups -OCH3 is 1. The summed E-state index contributed by atoms with van der Waals surface area (Å²) in [6.45, 7) is 3.65. The van der Waals surface area contributed by atoms with Gasteiger partial charge in [0.2, 0.25) is 0 Å². The molecule has 1 heterocycles. The van der Waals surface area contributed by atoms with Crippen LogP contribution in [0.4, 0.5) is 0 Å². The van der Waals surface area contributed by atoms with Gasteiger partial charge in [0.05, 0.1) is 23.5 Å². The number of carbonyl (C=O) groups is 1. The lowest BCUT2D eigenvalue weighted by molar-refractivity contribution is 0.0955. The van der Waals surface area contributed by atoms with Crippen molar-refractivity contribution in [2.24, 2.45) is 5.10 Å². The van der Waals surface area contributed by atoms with E-state index in [1.54, 1.807) is 43.9 Å². The van der Waals surface area contributed by atoms with Gasteiger partial charge in [-0.05, 0) is 83.1 Å². The van der Waals surface area contributed by atoms with E-state index >= 15 is 0 Å². The predicted molar refractivity (Wildman–Crippen MR) is 152 cm³/mol. The first-order valence-corrected chi connectivity index (χ1v) is 13.3. The van der Waals surface area contributed by atoms with Crippen LogP contribution >= 0.6 is 22.6 Å². The van der Waals surface area contributed by atoms with Crippen molar-refractivity contribution in [3.63, 3.8) is 0 Å². The molecule has 3 rings (SSSR count). The number of nitrogens with zero attached hydrogens (tertiary/aromatic N) is 2. The van der Waals surface area contributed by atoms with E-state index in [1.165, 1.54) is 19.3 Å². The van der Waals surface area contributed by atoms with Crippen LogP contribution in [0.25, 0.3) is 0 Å². The van der Waals surface area contributed by atoms with Gasteiger partial charge in [-0.1, -0.05) is 26.2 Å². The average Bonchev–Trinajstić information content (AvgIpc) is 2.92. The zero-order chi connectivity index (χ0) is 26.3. The fourth-order valence-corrected chi connectivity index (χ4v) is 4.12. The number of amides is 1. The lowest BCUT2D eigenvalue weighted by atomic mass is 10.2. The summed E-state index contributed by atoms with van der Waals surface area (Å²) >= 11 is 2.18. The maximum atomic E-state index is 12.1. The molecule has 8 nitrogen and oxygen atoms in total. The molecule has 1 amide bonds. The molecule has 37 heavy (non-hydrogen) atoms. The summed E-state index contributed by atoms with van der Waals surface area (Å²) < 4.78 is 23.9. The van der Waals surface area contributed by atoms with Crippen LogP contribution in [0.5, 0.6) is 23.0 Å². The number of aromatic nitrogens is 1. The van der Waals surface area contributed by atoms with Crippen LogP contribution in [0.2, 0.25) is 0 Å². The largest absolute Gasteiger partial charge is 0.494 e. The standard InChI is InChI=1S/C28H32IN3O5/c1-3-4-5-6-15-35-23-7-9-24(10-8-23)36-16-17-37-27-25(29)18-21(19-26(27)34-2)20-31-32-28(33)22-11-13-30-14-12-22/h7-14,18-20H,3-6,15-17H2,1-2H3,(H,32,33)/b31-20-. The Hall–Kier alpha value is -3.34. The first-order valence-electron chi connectivity index (χ1n) is 12.2. The Morgan fingerprint density at radius 3 is 2.30 bits per heavy atom. The molecule has 0 radical (unpaired) electrons. The molecular formula is C28H32IN3O5. The lowest BCUT2D eigenvalue weighted by Gasteiger charge is -2.14. The number of carbonyl (C=O) groups excluding carboxylic acids is 1. The first kappa shape index (κ1) is 28.2. The average molecular weight is 617 g/mol. The van der Waals surface area contributed by atoms with Gasteiger partial charge < -0.3 is 18.9 Å². The highest BCUT2D eigenvalue weighted by Crippen LogP contribution is 2.33. The lowest BCUT2D eigenvalue weighted by Crippen LogP contribution is -2.17. The first-order chi connectivity index (χ1) is 18.1. The molecular weight excluding hydrogens is 585 g/mol. The van der Waals surface area contributed by atoms with Crippen LogP contribution in [0.3, 0.4) is 0 Å². The smallest absolute Gasteiger partial charge is 0.271 e. The van der Waals surface area contributed by atoms with Crippen molar-refractivity contribution < 1.29 is 23.7 Å². The Morgan fingerprint density at radius 1 is 0.946 bits per heavy atom. The zero-order valence-corrected chi connectivity index (χ0v) is 23.3. The Kier molecular flexibility index (Phi) is 12.0. The summed E-state index contributed by atoms with van der Waals surface area (Å²) in [4.78, 5) is 16.0. The summed E-state index contributed by atoms with van der Waals surface area (Å²) in [5.74, 6) is 2.47. The van der Waals surface area contributed by atoms with Crippen LogP contribution in [-0.4, -0.2) is 44.0 Å². The SMILES string of the molecule is CCCCCCOc1ccc(OCCOc2c(I)cc(/C=N\NC(=O)c3ccncc3)cc2OC)cc1. The predicted octanol–water partition coefficient (Wildman–Crippen LogP) is 5.88. The van der Waals surface area contributed by atoms with Gasteiger partial charge in [0, 0.05) is 18.0 Å². The summed E-state index contributed by atoms with van der Waals surface area (Å²) in [6.07, 6.45) is 9.39. The van der Waals surface area contributed by atoms with Crippen molar-refractivity contribution in [3.05, 3.63) is 75.6 Å². The van der Waals surface area contributed by atoms with Crippen LogP contribution in [0.15, 0.2) is 66.0 Å². The molecule has 1 aromatic heterocycles. The van der Waals surface area contributed by atoms with Gasteiger partial charge in [-0.2, -0.15) is 5.10 Å². The van der Waals surface area contributed by atoms with E-state index in [-0.39, 0.29) is 5.91 Å². The fraction of sp³-hybridized carbons (Fsp3) is 0.321. The van der Waals surface area contributed by atoms with E-state index in [1.807, 2.05) is 30.3 Å². The van der Waals surface area contributed by atoms with Crippen molar-refractivity contribution in [3.8, 4) is 23.0 Å². The number of halogens is 1. The molecule has 0 unspecified atom stereocenters. The quantitative estimate of drug-likeness (QED) is 0.0993. The second-order valence-electron chi connectivity index (χ2n) is 8.05. The zero-order valence-electron chi connectivity index (χ0n) is 21.1. The third-order valence-corrected chi connectivity index (χ3v) is 6.06. The van der Waals surface area contributed by atoms with Gasteiger partial charge >= 0.3 is 0 Å². The minimum absolute atomic E-state index is 0.315. The van der Waals surface area contributed by atoms with Crippen LogP contribution in [0, 0.1) is 3.57 Å². The second-order valence-corrected chi connectivity index (χ2v) is 9.21. The number of rotatable bonds is 15. The molecule has 0 aliphatic rings. The number of ether oxygens (including phenoxy) is 4. The Bertz CT molecular complexity index is 1140. The Balaban J connectivity index is 1.46. The fourth-order valence-electron chi connectivity index (χ4n) is 3.34. The molecule has 0 atom stereocenters. The molecule has 0 aliphatic carbocycles. The Labute approximate surface area is 231 Å². The van der Waals surface area contributed by atoms with Gasteiger partial charge in [0.25, 0.3) is 5.91 Å². The summed E-state index contributed by atoms with van der Waals surface area (Å²) in [7, 11) is 1.58. The van der Waals surface area contributed by atoms with Crippen LogP contribution in [-0.2, 0) is 0 Å². The van der Waals surface area contributed by atoms with Crippen molar-refractivity contribution in [2.45, 2.75) is 32.6 Å². The molecule has 2 aromatic carbocycles. The highest BCUT2D eigenvalue weighted by atomic mass is 127. The van der Waals surface area contributed by atoms with Crippen LogP contribution in [0.1, 0.15) is 48.5 Å². The van der Waals surface area contributed by atoms with Gasteiger partial charge in [0.1, 0.15) is 24.7 Å². The van der Waals surface area contributed by atoms with Crippen molar-refractivity contribution >= 4 is 34.7 Å². The summed E-state index contributed by atoms with van der Waals surface area (Å²) in [6, 6.07) is 14.5. The molecule has 0 saturated heterocycles. The second kappa shape index (κ2) is 15.7. The van der Waals surface area contributed by atoms with Crippen molar-refractivity contribution in [2.75, 3.05) is 26.9 Å². The highest BCUT2D eigenvalue weighted by molar-refractivity contribution is 14.1. The number of unbranched alkanes of at least 4 members (excludes halogenated alkanes) is 3. The molecule has 9 heteroatoms. The summed E-state index contributed by atoms with van der Waals surface area (Å²) in [5.41, 5.74) is 3.74. The van der Waals surface area contributed by atoms with Gasteiger partial charge in [-0.15, -0.1) is 0 Å². The number of nitrogens with one attached hydrogen (secondary N) is 1. The molecule has 0 saturated carbocycles. The van der Waals surface area contributed by atoms with Crippen LogP contribution < -0.4 is 24.4 Å². The topological polar surface area (TPSA) is 91.3 Å². The number of pyridine rings is 1. The third kappa shape index (κ3) is 9.56. The monoisotopic (exact) mass is 617 g/mol. The van der Waals surface area contributed by atoms with Crippen molar-refractivity contribution in [1.29, 1.82) is 0 Å². The van der Waals surface area contributed by atoms with E-state index in [4.69, 9.17) is 18.9 Å². The molecule has 3 aromatic rings. The number of hydrogen-bond donors (Lipinski definition) is 1. The number of hydrazone groups is 1. The molecule has 0 fully saturated rings.